The summed E-state index contributed by atoms with van der Waals surface area (Å²) in [6, 6.07) is 13.9. The van der Waals surface area contributed by atoms with Gasteiger partial charge in [-0.2, -0.15) is 5.10 Å². The molecule has 0 spiro atoms. The van der Waals surface area contributed by atoms with Gasteiger partial charge in [0, 0.05) is 11.1 Å². The molecule has 3 rings (SSSR count). The van der Waals surface area contributed by atoms with E-state index < -0.39 is 0 Å². The molecule has 0 atom stereocenters. The van der Waals surface area contributed by atoms with Crippen LogP contribution < -0.4 is 9.47 Å². The Morgan fingerprint density at radius 3 is 2.46 bits per heavy atom. The molecule has 0 amide bonds. The third-order valence-corrected chi connectivity index (χ3v) is 3.58. The molecule has 5 heteroatoms. The molecule has 124 valence electrons. The van der Waals surface area contributed by atoms with Gasteiger partial charge in [0.2, 0.25) is 0 Å². The molecular formula is C19H21N3O2. The minimum Gasteiger partial charge on any atom is -0.490 e. The second kappa shape index (κ2) is 7.17. The molecule has 3 aromatic rings. The molecule has 0 saturated heterocycles. The van der Waals surface area contributed by atoms with Crippen molar-refractivity contribution in [2.24, 2.45) is 0 Å². The molecule has 1 heterocycles. The molecule has 0 fully saturated rings. The van der Waals surface area contributed by atoms with Crippen molar-refractivity contribution in [1.29, 1.82) is 0 Å². The maximum Gasteiger partial charge on any atom is 0.181 e. The summed E-state index contributed by atoms with van der Waals surface area (Å²) in [4.78, 5) is 4.61. The first-order valence-electron chi connectivity index (χ1n) is 8.10. The van der Waals surface area contributed by atoms with Crippen LogP contribution in [-0.4, -0.2) is 28.4 Å². The molecular weight excluding hydrogens is 302 g/mol. The van der Waals surface area contributed by atoms with Crippen LogP contribution in [0.3, 0.4) is 0 Å². The summed E-state index contributed by atoms with van der Waals surface area (Å²) in [6.45, 7) is 7.13. The summed E-state index contributed by atoms with van der Waals surface area (Å²) in [5, 5.41) is 7.33. The lowest BCUT2D eigenvalue weighted by molar-refractivity contribution is 0.288. The van der Waals surface area contributed by atoms with Gasteiger partial charge in [0.15, 0.2) is 23.1 Å². The Balaban J connectivity index is 1.93. The number of nitrogens with zero attached hydrogens (tertiary/aromatic N) is 2. The highest BCUT2D eigenvalue weighted by atomic mass is 16.5. The molecule has 5 nitrogen and oxygen atoms in total. The molecule has 2 aromatic carbocycles. The van der Waals surface area contributed by atoms with Crippen molar-refractivity contribution in [3.63, 3.8) is 0 Å². The van der Waals surface area contributed by atoms with Crippen LogP contribution in [0.15, 0.2) is 42.5 Å². The fraction of sp³-hybridized carbons (Fsp3) is 0.263. The Labute approximate surface area is 141 Å². The lowest BCUT2D eigenvalue weighted by Crippen LogP contribution is -1.98. The second-order valence-electron chi connectivity index (χ2n) is 5.40. The minimum absolute atomic E-state index is 0.578. The van der Waals surface area contributed by atoms with Crippen molar-refractivity contribution < 1.29 is 9.47 Å². The first kappa shape index (κ1) is 16.1. The average Bonchev–Trinajstić information content (AvgIpc) is 3.07. The van der Waals surface area contributed by atoms with E-state index in [-0.39, 0.29) is 0 Å². The Kier molecular flexibility index (Phi) is 4.79. The van der Waals surface area contributed by atoms with Crippen molar-refractivity contribution in [3.8, 4) is 34.3 Å². The highest BCUT2D eigenvalue weighted by molar-refractivity contribution is 5.64. The third-order valence-electron chi connectivity index (χ3n) is 3.58. The number of hydrogen-bond acceptors (Lipinski definition) is 4. The topological polar surface area (TPSA) is 60.0 Å². The fourth-order valence-corrected chi connectivity index (χ4v) is 2.50. The number of rotatable bonds is 6. The highest BCUT2D eigenvalue weighted by Crippen LogP contribution is 2.32. The number of ether oxygens (including phenoxy) is 2. The molecule has 0 aliphatic carbocycles. The Bertz CT molecular complexity index is 827. The molecule has 0 saturated carbocycles. The molecule has 24 heavy (non-hydrogen) atoms. The van der Waals surface area contributed by atoms with Gasteiger partial charge in [0.1, 0.15) is 0 Å². The second-order valence-corrected chi connectivity index (χ2v) is 5.40. The number of nitrogens with one attached hydrogen (secondary N) is 1. The molecule has 0 aliphatic heterocycles. The van der Waals surface area contributed by atoms with Gasteiger partial charge in [0.25, 0.3) is 0 Å². The number of hydrogen-bond donors (Lipinski definition) is 1. The quantitative estimate of drug-likeness (QED) is 0.737. The largest absolute Gasteiger partial charge is 0.490 e. The first-order valence-corrected chi connectivity index (χ1v) is 8.10. The van der Waals surface area contributed by atoms with Crippen LogP contribution >= 0.6 is 0 Å². The molecule has 0 radical (unpaired) electrons. The van der Waals surface area contributed by atoms with Crippen molar-refractivity contribution in [2.75, 3.05) is 13.2 Å². The number of aryl methyl sites for hydroxylation is 1. The lowest BCUT2D eigenvalue weighted by atomic mass is 10.1. The summed E-state index contributed by atoms with van der Waals surface area (Å²) in [6.07, 6.45) is 0. The summed E-state index contributed by atoms with van der Waals surface area (Å²) in [5.74, 6) is 2.84. The molecule has 0 unspecified atom stereocenters. The Morgan fingerprint density at radius 1 is 0.917 bits per heavy atom. The average molecular weight is 323 g/mol. The minimum atomic E-state index is 0.578. The van der Waals surface area contributed by atoms with E-state index in [2.05, 4.69) is 34.2 Å². The molecule has 0 bridgehead atoms. The smallest absolute Gasteiger partial charge is 0.181 e. The summed E-state index contributed by atoms with van der Waals surface area (Å²) >= 11 is 0. The summed E-state index contributed by atoms with van der Waals surface area (Å²) in [7, 11) is 0. The van der Waals surface area contributed by atoms with Gasteiger partial charge in [-0.05, 0) is 45.0 Å². The van der Waals surface area contributed by atoms with Gasteiger partial charge in [0.05, 0.1) is 13.2 Å². The predicted molar refractivity (Wildman–Crippen MR) is 94.3 cm³/mol. The Morgan fingerprint density at radius 2 is 1.71 bits per heavy atom. The monoisotopic (exact) mass is 323 g/mol. The maximum atomic E-state index is 5.67. The normalized spacial score (nSPS) is 10.6. The number of benzene rings is 2. The van der Waals surface area contributed by atoms with Crippen LogP contribution in [0.4, 0.5) is 0 Å². The van der Waals surface area contributed by atoms with Gasteiger partial charge >= 0.3 is 0 Å². The van der Waals surface area contributed by atoms with Crippen LogP contribution in [-0.2, 0) is 0 Å². The zero-order valence-electron chi connectivity index (χ0n) is 14.2. The Hall–Kier alpha value is -2.82. The van der Waals surface area contributed by atoms with Crippen molar-refractivity contribution in [3.05, 3.63) is 48.0 Å². The maximum absolute atomic E-state index is 5.67. The molecule has 1 aromatic heterocycles. The van der Waals surface area contributed by atoms with Crippen LogP contribution in [0.2, 0.25) is 0 Å². The SMILES string of the molecule is CCOc1ccc(-c2nc(-c3cccc(C)c3)n[nH]2)cc1OCC. The van der Waals surface area contributed by atoms with Crippen LogP contribution in [0.5, 0.6) is 11.5 Å². The summed E-state index contributed by atoms with van der Waals surface area (Å²) < 4.78 is 11.3. The van der Waals surface area contributed by atoms with Crippen LogP contribution in [0, 0.1) is 6.92 Å². The van der Waals surface area contributed by atoms with E-state index in [0.717, 1.165) is 16.9 Å². The van der Waals surface area contributed by atoms with E-state index in [0.29, 0.717) is 30.6 Å². The molecule has 0 aliphatic rings. The third kappa shape index (κ3) is 3.40. The lowest BCUT2D eigenvalue weighted by Gasteiger charge is -2.11. The van der Waals surface area contributed by atoms with Crippen molar-refractivity contribution in [1.82, 2.24) is 15.2 Å². The van der Waals surface area contributed by atoms with E-state index in [1.165, 1.54) is 5.56 Å². The highest BCUT2D eigenvalue weighted by Gasteiger charge is 2.12. The number of aromatic nitrogens is 3. The first-order chi connectivity index (χ1) is 11.7. The van der Waals surface area contributed by atoms with Gasteiger partial charge in [-0.15, -0.1) is 0 Å². The van der Waals surface area contributed by atoms with E-state index in [9.17, 15) is 0 Å². The van der Waals surface area contributed by atoms with Gasteiger partial charge in [-0.1, -0.05) is 23.8 Å². The van der Waals surface area contributed by atoms with Crippen LogP contribution in [0.25, 0.3) is 22.8 Å². The number of H-pyrrole nitrogens is 1. The van der Waals surface area contributed by atoms with Crippen LogP contribution in [0.1, 0.15) is 19.4 Å². The summed E-state index contributed by atoms with van der Waals surface area (Å²) in [5.41, 5.74) is 3.08. The standard InChI is InChI=1S/C19H21N3O2/c1-4-23-16-10-9-15(12-17(16)24-5-2)19-20-18(21-22-19)14-8-6-7-13(3)11-14/h6-12H,4-5H2,1-3H3,(H,20,21,22). The fourth-order valence-electron chi connectivity index (χ4n) is 2.50. The van der Waals surface area contributed by atoms with E-state index in [1.54, 1.807) is 0 Å². The predicted octanol–water partition coefficient (Wildman–Crippen LogP) is 4.24. The van der Waals surface area contributed by atoms with Crippen molar-refractivity contribution in [2.45, 2.75) is 20.8 Å². The molecule has 1 N–H and O–H groups in total. The van der Waals surface area contributed by atoms with Gasteiger partial charge in [-0.25, -0.2) is 4.98 Å². The van der Waals surface area contributed by atoms with E-state index >= 15 is 0 Å². The van der Waals surface area contributed by atoms with E-state index in [4.69, 9.17) is 9.47 Å². The zero-order valence-corrected chi connectivity index (χ0v) is 14.2. The van der Waals surface area contributed by atoms with Gasteiger partial charge < -0.3 is 9.47 Å². The zero-order chi connectivity index (χ0) is 16.9. The van der Waals surface area contributed by atoms with E-state index in [1.807, 2.05) is 44.2 Å². The van der Waals surface area contributed by atoms with Crippen molar-refractivity contribution >= 4 is 0 Å². The number of aromatic amines is 1. The van der Waals surface area contributed by atoms with Gasteiger partial charge in [-0.3, -0.25) is 5.10 Å².